The van der Waals surface area contributed by atoms with Crippen molar-refractivity contribution in [3.8, 4) is 0 Å². The van der Waals surface area contributed by atoms with Gasteiger partial charge in [-0.1, -0.05) is 25.4 Å². The third-order valence-electron chi connectivity index (χ3n) is 4.11. The van der Waals surface area contributed by atoms with E-state index in [4.69, 9.17) is 11.6 Å². The number of carbonyl (C=O) groups excluding carboxylic acids is 1. The molecule has 0 radical (unpaired) electrons. The molecular formula is C17H21ClN2O. The first kappa shape index (κ1) is 14.5. The van der Waals surface area contributed by atoms with Crippen LogP contribution in [0.5, 0.6) is 0 Å². The molecule has 2 aromatic rings. The Hall–Kier alpha value is -1.48. The lowest BCUT2D eigenvalue weighted by Gasteiger charge is -2.24. The number of fused-ring (bicyclic) bond motifs is 3. The number of nitrogens with one attached hydrogen (secondary N) is 2. The summed E-state index contributed by atoms with van der Waals surface area (Å²) in [4.78, 5) is 15.4. The Bertz CT molecular complexity index is 675. The van der Waals surface area contributed by atoms with Crippen LogP contribution in [0.4, 0.5) is 0 Å². The van der Waals surface area contributed by atoms with Crippen molar-refractivity contribution in [3.05, 3.63) is 34.5 Å². The van der Waals surface area contributed by atoms with E-state index in [0.717, 1.165) is 29.8 Å². The third kappa shape index (κ3) is 3.08. The summed E-state index contributed by atoms with van der Waals surface area (Å²) in [6.07, 6.45) is 3.47. The Kier molecular flexibility index (Phi) is 3.94. The van der Waals surface area contributed by atoms with Crippen LogP contribution in [0, 0.1) is 5.92 Å². The minimum absolute atomic E-state index is 0.163. The largest absolute Gasteiger partial charge is 0.358 e. The molecule has 1 unspecified atom stereocenters. The van der Waals surface area contributed by atoms with Gasteiger partial charge in [0.1, 0.15) is 0 Å². The van der Waals surface area contributed by atoms with Crippen LogP contribution in [-0.2, 0) is 17.6 Å². The summed E-state index contributed by atoms with van der Waals surface area (Å²) in [6, 6.07) is 6.20. The first-order chi connectivity index (χ1) is 10.0. The third-order valence-corrected chi connectivity index (χ3v) is 4.34. The molecule has 0 saturated heterocycles. The van der Waals surface area contributed by atoms with E-state index in [1.54, 1.807) is 0 Å². The second-order valence-electron chi connectivity index (χ2n) is 6.38. The molecule has 2 N–H and O–H groups in total. The Morgan fingerprint density at radius 3 is 3.05 bits per heavy atom. The number of H-pyrrole nitrogens is 1. The quantitative estimate of drug-likeness (QED) is 0.889. The summed E-state index contributed by atoms with van der Waals surface area (Å²) in [5.74, 6) is 0.562. The van der Waals surface area contributed by atoms with Crippen molar-refractivity contribution < 1.29 is 4.79 Å². The molecule has 21 heavy (non-hydrogen) atoms. The summed E-state index contributed by atoms with van der Waals surface area (Å²) >= 11 is 6.11. The zero-order valence-corrected chi connectivity index (χ0v) is 13.3. The van der Waals surface area contributed by atoms with Gasteiger partial charge in [0, 0.05) is 34.1 Å². The Balaban J connectivity index is 1.79. The maximum Gasteiger partial charge on any atom is 0.220 e. The second kappa shape index (κ2) is 5.72. The molecule has 1 aromatic carbocycles. The first-order valence-electron chi connectivity index (χ1n) is 7.61. The van der Waals surface area contributed by atoms with E-state index in [9.17, 15) is 4.79 Å². The van der Waals surface area contributed by atoms with Gasteiger partial charge < -0.3 is 10.3 Å². The molecule has 0 bridgehead atoms. The highest BCUT2D eigenvalue weighted by atomic mass is 35.5. The van der Waals surface area contributed by atoms with Crippen LogP contribution in [0.2, 0.25) is 5.02 Å². The number of halogens is 1. The predicted molar refractivity (Wildman–Crippen MR) is 86.7 cm³/mol. The number of benzene rings is 1. The minimum Gasteiger partial charge on any atom is -0.358 e. The SMILES string of the molecule is CC(C)CC(=O)NC1CCc2[nH]c3ccc(Cl)cc3c2C1. The lowest BCUT2D eigenvalue weighted by molar-refractivity contribution is -0.122. The van der Waals surface area contributed by atoms with Crippen molar-refractivity contribution in [3.63, 3.8) is 0 Å². The van der Waals surface area contributed by atoms with Gasteiger partial charge in [-0.05, 0) is 48.9 Å². The smallest absolute Gasteiger partial charge is 0.220 e. The van der Waals surface area contributed by atoms with E-state index in [2.05, 4.69) is 24.1 Å². The molecule has 4 heteroatoms. The normalized spacial score (nSPS) is 18.0. The number of aromatic amines is 1. The molecular weight excluding hydrogens is 284 g/mol. The van der Waals surface area contributed by atoms with E-state index >= 15 is 0 Å². The Morgan fingerprint density at radius 1 is 1.48 bits per heavy atom. The standard InChI is InChI=1S/C17H21ClN2O/c1-10(2)7-17(21)19-12-4-6-16-14(9-12)13-8-11(18)3-5-15(13)20-16/h3,5,8,10,12,20H,4,6-7,9H2,1-2H3,(H,19,21). The van der Waals surface area contributed by atoms with Gasteiger partial charge in [-0.15, -0.1) is 0 Å². The van der Waals surface area contributed by atoms with Crippen molar-refractivity contribution in [2.45, 2.75) is 45.6 Å². The van der Waals surface area contributed by atoms with Crippen LogP contribution in [-0.4, -0.2) is 16.9 Å². The van der Waals surface area contributed by atoms with Crippen LogP contribution >= 0.6 is 11.6 Å². The Morgan fingerprint density at radius 2 is 2.29 bits per heavy atom. The minimum atomic E-state index is 0.163. The summed E-state index contributed by atoms with van der Waals surface area (Å²) in [5.41, 5.74) is 3.74. The molecule has 3 nitrogen and oxygen atoms in total. The molecule has 1 heterocycles. The van der Waals surface area contributed by atoms with Crippen LogP contribution in [0.25, 0.3) is 10.9 Å². The molecule has 1 aliphatic carbocycles. The molecule has 1 amide bonds. The van der Waals surface area contributed by atoms with Crippen molar-refractivity contribution in [1.29, 1.82) is 0 Å². The van der Waals surface area contributed by atoms with Crippen LogP contribution in [0.1, 0.15) is 37.9 Å². The van der Waals surface area contributed by atoms with Crippen LogP contribution in [0.15, 0.2) is 18.2 Å². The van der Waals surface area contributed by atoms with Gasteiger partial charge in [-0.3, -0.25) is 4.79 Å². The fourth-order valence-electron chi connectivity index (χ4n) is 3.17. The zero-order valence-electron chi connectivity index (χ0n) is 12.5. The molecule has 112 valence electrons. The number of hydrogen-bond acceptors (Lipinski definition) is 1. The molecule has 1 aliphatic rings. The number of aromatic nitrogens is 1. The van der Waals surface area contributed by atoms with Crippen LogP contribution in [0.3, 0.4) is 0 Å². The first-order valence-corrected chi connectivity index (χ1v) is 7.99. The van der Waals surface area contributed by atoms with Gasteiger partial charge >= 0.3 is 0 Å². The molecule has 0 fully saturated rings. The van der Waals surface area contributed by atoms with Gasteiger partial charge in [-0.2, -0.15) is 0 Å². The maximum absolute atomic E-state index is 11.9. The van der Waals surface area contributed by atoms with Crippen molar-refractivity contribution in [2.75, 3.05) is 0 Å². The van der Waals surface area contributed by atoms with Crippen molar-refractivity contribution in [1.82, 2.24) is 10.3 Å². The summed E-state index contributed by atoms with van der Waals surface area (Å²) in [7, 11) is 0. The van der Waals surface area contributed by atoms with E-state index in [1.807, 2.05) is 18.2 Å². The lowest BCUT2D eigenvalue weighted by Crippen LogP contribution is -2.39. The summed E-state index contributed by atoms with van der Waals surface area (Å²) in [6.45, 7) is 4.14. The molecule has 1 atom stereocenters. The van der Waals surface area contributed by atoms with Gasteiger partial charge in [-0.25, -0.2) is 0 Å². The monoisotopic (exact) mass is 304 g/mol. The van der Waals surface area contributed by atoms with Gasteiger partial charge in [0.25, 0.3) is 0 Å². The molecule has 0 spiro atoms. The highest BCUT2D eigenvalue weighted by Gasteiger charge is 2.23. The predicted octanol–water partition coefficient (Wildman–Crippen LogP) is 3.84. The van der Waals surface area contributed by atoms with Gasteiger partial charge in [0.2, 0.25) is 5.91 Å². The number of hydrogen-bond donors (Lipinski definition) is 2. The van der Waals surface area contributed by atoms with Gasteiger partial charge in [0.15, 0.2) is 0 Å². The van der Waals surface area contributed by atoms with E-state index in [0.29, 0.717) is 12.3 Å². The number of aryl methyl sites for hydroxylation is 1. The maximum atomic E-state index is 11.9. The highest BCUT2D eigenvalue weighted by Crippen LogP contribution is 2.31. The summed E-state index contributed by atoms with van der Waals surface area (Å²) < 4.78 is 0. The average molecular weight is 305 g/mol. The van der Waals surface area contributed by atoms with Gasteiger partial charge in [0.05, 0.1) is 0 Å². The van der Waals surface area contributed by atoms with Crippen molar-refractivity contribution in [2.24, 2.45) is 5.92 Å². The zero-order chi connectivity index (χ0) is 15.0. The van der Waals surface area contributed by atoms with E-state index in [1.165, 1.54) is 16.6 Å². The van der Waals surface area contributed by atoms with E-state index in [-0.39, 0.29) is 11.9 Å². The fraction of sp³-hybridized carbons (Fsp3) is 0.471. The number of rotatable bonds is 3. The second-order valence-corrected chi connectivity index (χ2v) is 6.81. The lowest BCUT2D eigenvalue weighted by atomic mass is 9.91. The fourth-order valence-corrected chi connectivity index (χ4v) is 3.34. The van der Waals surface area contributed by atoms with Crippen molar-refractivity contribution >= 4 is 28.4 Å². The molecule has 3 rings (SSSR count). The number of amides is 1. The van der Waals surface area contributed by atoms with Crippen LogP contribution < -0.4 is 5.32 Å². The molecule has 1 aromatic heterocycles. The molecule has 0 aliphatic heterocycles. The van der Waals surface area contributed by atoms with E-state index < -0.39 is 0 Å². The topological polar surface area (TPSA) is 44.9 Å². The highest BCUT2D eigenvalue weighted by molar-refractivity contribution is 6.31. The number of carbonyl (C=O) groups is 1. The molecule has 0 saturated carbocycles. The Labute approximate surface area is 130 Å². The average Bonchev–Trinajstić information content (AvgIpc) is 2.75. The summed E-state index contributed by atoms with van der Waals surface area (Å²) in [5, 5.41) is 5.13.